The minimum Gasteiger partial charge on any atom is -0.490 e. The normalized spacial score (nSPS) is 11.5. The predicted molar refractivity (Wildman–Crippen MR) is 123 cm³/mol. The number of benzene rings is 2. The van der Waals surface area contributed by atoms with Crippen LogP contribution in [0.1, 0.15) is 40.5 Å². The van der Waals surface area contributed by atoms with Gasteiger partial charge in [0.1, 0.15) is 0 Å². The van der Waals surface area contributed by atoms with Crippen LogP contribution in [0.25, 0.3) is 11.1 Å². The summed E-state index contributed by atoms with van der Waals surface area (Å²) in [4.78, 5) is 0. The van der Waals surface area contributed by atoms with Gasteiger partial charge in [0.05, 0.1) is 13.2 Å². The van der Waals surface area contributed by atoms with Crippen LogP contribution in [0, 0.1) is 0 Å². The van der Waals surface area contributed by atoms with Crippen LogP contribution in [0.4, 0.5) is 0 Å². The van der Waals surface area contributed by atoms with Crippen LogP contribution in [0.5, 0.6) is 11.5 Å². The first-order valence-electron chi connectivity index (χ1n) is 11.1. The molecule has 2 aromatic rings. The second-order valence-corrected chi connectivity index (χ2v) is 9.51. The molecular formula is C24H36O5Si. The largest absolute Gasteiger partial charge is 0.501 e. The van der Waals surface area contributed by atoms with Crippen LogP contribution in [0.15, 0.2) is 48.5 Å². The van der Waals surface area contributed by atoms with Crippen molar-refractivity contribution in [1.82, 2.24) is 0 Å². The van der Waals surface area contributed by atoms with Gasteiger partial charge in [-0.15, -0.1) is 0 Å². The number of hydrogen-bond acceptors (Lipinski definition) is 5. The molecule has 6 heteroatoms. The van der Waals surface area contributed by atoms with Gasteiger partial charge >= 0.3 is 8.80 Å². The van der Waals surface area contributed by atoms with Crippen molar-refractivity contribution in [3.8, 4) is 22.6 Å². The maximum absolute atomic E-state index is 6.28. The molecule has 0 bridgehead atoms. The van der Waals surface area contributed by atoms with E-state index in [-0.39, 0.29) is 0 Å². The molecule has 2 rings (SSSR count). The minimum atomic E-state index is -2.66. The summed E-state index contributed by atoms with van der Waals surface area (Å²) in [5.74, 6) is 1.56. The van der Waals surface area contributed by atoms with Gasteiger partial charge < -0.3 is 22.8 Å². The summed E-state index contributed by atoms with van der Waals surface area (Å²) in [6, 6.07) is 17.0. The molecule has 0 radical (unpaired) electrons. The van der Waals surface area contributed by atoms with Gasteiger partial charge in [-0.3, -0.25) is 0 Å². The van der Waals surface area contributed by atoms with E-state index in [2.05, 4.69) is 25.1 Å². The number of hydrogen-bond donors (Lipinski definition) is 0. The molecule has 0 heterocycles. The van der Waals surface area contributed by atoms with Crippen LogP contribution in [-0.4, -0.2) is 41.8 Å². The molecule has 166 valence electrons. The molecule has 0 aliphatic carbocycles. The Kier molecular flexibility index (Phi) is 10.9. The molecule has 0 fully saturated rings. The molecule has 0 spiro atoms. The van der Waals surface area contributed by atoms with E-state index in [4.69, 9.17) is 22.8 Å². The van der Waals surface area contributed by atoms with E-state index < -0.39 is 8.80 Å². The Morgan fingerprint density at radius 1 is 0.700 bits per heavy atom. The van der Waals surface area contributed by atoms with Crippen LogP contribution in [0.3, 0.4) is 0 Å². The molecule has 30 heavy (non-hydrogen) atoms. The second kappa shape index (κ2) is 13.4. The fourth-order valence-corrected chi connectivity index (χ4v) is 5.88. The van der Waals surface area contributed by atoms with Crippen molar-refractivity contribution in [2.75, 3.05) is 33.0 Å². The highest BCUT2D eigenvalue weighted by molar-refractivity contribution is 6.60. The van der Waals surface area contributed by atoms with E-state index in [9.17, 15) is 0 Å². The molecule has 0 unspecified atom stereocenters. The summed E-state index contributed by atoms with van der Waals surface area (Å²) in [5, 5.41) is 0. The van der Waals surface area contributed by atoms with Crippen molar-refractivity contribution in [3.63, 3.8) is 0 Å². The maximum atomic E-state index is 6.28. The Morgan fingerprint density at radius 2 is 1.37 bits per heavy atom. The highest BCUT2D eigenvalue weighted by Gasteiger charge is 2.39. The molecule has 0 aliphatic rings. The number of ether oxygens (including phenoxy) is 2. The summed E-state index contributed by atoms with van der Waals surface area (Å²) in [6.45, 7) is 11.0. The fraction of sp³-hybridized carbons (Fsp3) is 0.500. The standard InChI is InChI=1S/C24H36O5Si/c1-5-18-25-23-17-12-16-22(21-14-10-9-11-15-21)24(23)26-19-13-20-30(27-6-2,28-7-3)29-8-4/h9-12,14-17H,5-8,13,18-20H2,1-4H3. The van der Waals surface area contributed by atoms with Crippen LogP contribution < -0.4 is 9.47 Å². The van der Waals surface area contributed by atoms with Crippen molar-refractivity contribution < 1.29 is 22.8 Å². The summed E-state index contributed by atoms with van der Waals surface area (Å²) in [6.07, 6.45) is 1.72. The van der Waals surface area contributed by atoms with Crippen molar-refractivity contribution in [1.29, 1.82) is 0 Å². The van der Waals surface area contributed by atoms with Gasteiger partial charge in [0, 0.05) is 31.4 Å². The lowest BCUT2D eigenvalue weighted by Gasteiger charge is -2.28. The fourth-order valence-electron chi connectivity index (χ4n) is 3.30. The van der Waals surface area contributed by atoms with Gasteiger partial charge in [-0.05, 0) is 45.2 Å². The lowest BCUT2D eigenvalue weighted by molar-refractivity contribution is 0.0696. The smallest absolute Gasteiger partial charge is 0.490 e. The summed E-state index contributed by atoms with van der Waals surface area (Å²) >= 11 is 0. The SMILES string of the molecule is CCCOc1cccc(-c2ccccc2)c1OCCC[Si](OCC)(OCC)OCC. The summed E-state index contributed by atoms with van der Waals surface area (Å²) in [5.41, 5.74) is 2.14. The van der Waals surface area contributed by atoms with Gasteiger partial charge in [-0.1, -0.05) is 49.4 Å². The summed E-state index contributed by atoms with van der Waals surface area (Å²) < 4.78 is 30.1. The van der Waals surface area contributed by atoms with Gasteiger partial charge in [-0.2, -0.15) is 0 Å². The average Bonchev–Trinajstić information content (AvgIpc) is 2.77. The first-order valence-corrected chi connectivity index (χ1v) is 13.0. The molecule has 0 saturated heterocycles. The first kappa shape index (κ1) is 24.4. The zero-order valence-electron chi connectivity index (χ0n) is 18.8. The molecule has 2 aromatic carbocycles. The Balaban J connectivity index is 2.14. The lowest BCUT2D eigenvalue weighted by atomic mass is 10.0. The molecule has 5 nitrogen and oxygen atoms in total. The maximum Gasteiger partial charge on any atom is 0.501 e. The Labute approximate surface area is 182 Å². The number of para-hydroxylation sites is 1. The molecule has 0 aromatic heterocycles. The second-order valence-electron chi connectivity index (χ2n) is 6.78. The van der Waals surface area contributed by atoms with Crippen LogP contribution in [-0.2, 0) is 13.3 Å². The molecule has 0 atom stereocenters. The lowest BCUT2D eigenvalue weighted by Crippen LogP contribution is -2.46. The van der Waals surface area contributed by atoms with Gasteiger partial charge in [0.15, 0.2) is 11.5 Å². The third-order valence-electron chi connectivity index (χ3n) is 4.49. The van der Waals surface area contributed by atoms with E-state index in [0.717, 1.165) is 41.5 Å². The monoisotopic (exact) mass is 432 g/mol. The predicted octanol–water partition coefficient (Wildman–Crippen LogP) is 5.96. The summed E-state index contributed by atoms with van der Waals surface area (Å²) in [7, 11) is -2.66. The average molecular weight is 433 g/mol. The van der Waals surface area contributed by atoms with Crippen molar-refractivity contribution in [2.45, 2.75) is 46.6 Å². The van der Waals surface area contributed by atoms with E-state index in [1.54, 1.807) is 0 Å². The quantitative estimate of drug-likeness (QED) is 0.257. The van der Waals surface area contributed by atoms with Crippen molar-refractivity contribution in [3.05, 3.63) is 48.5 Å². The van der Waals surface area contributed by atoms with Crippen LogP contribution in [0.2, 0.25) is 6.04 Å². The van der Waals surface area contributed by atoms with Crippen molar-refractivity contribution in [2.24, 2.45) is 0 Å². The zero-order chi connectivity index (χ0) is 21.7. The molecule has 0 saturated carbocycles. The van der Waals surface area contributed by atoms with E-state index >= 15 is 0 Å². The van der Waals surface area contributed by atoms with E-state index in [1.807, 2.05) is 51.1 Å². The highest BCUT2D eigenvalue weighted by atomic mass is 28.4. The number of rotatable bonds is 15. The Hall–Kier alpha value is -1.86. The molecular weight excluding hydrogens is 396 g/mol. The molecule has 0 amide bonds. The van der Waals surface area contributed by atoms with Gasteiger partial charge in [0.2, 0.25) is 0 Å². The third kappa shape index (κ3) is 7.13. The topological polar surface area (TPSA) is 46.2 Å². The third-order valence-corrected chi connectivity index (χ3v) is 7.64. The van der Waals surface area contributed by atoms with Crippen LogP contribution >= 0.6 is 0 Å². The van der Waals surface area contributed by atoms with E-state index in [0.29, 0.717) is 33.0 Å². The molecule has 0 aliphatic heterocycles. The Morgan fingerprint density at radius 3 is 1.97 bits per heavy atom. The highest BCUT2D eigenvalue weighted by Crippen LogP contribution is 2.38. The minimum absolute atomic E-state index is 0.536. The van der Waals surface area contributed by atoms with Crippen molar-refractivity contribution >= 4 is 8.80 Å². The van der Waals surface area contributed by atoms with Gasteiger partial charge in [-0.25, -0.2) is 0 Å². The Bertz CT molecular complexity index is 706. The van der Waals surface area contributed by atoms with Gasteiger partial charge in [0.25, 0.3) is 0 Å². The zero-order valence-corrected chi connectivity index (χ0v) is 19.8. The molecule has 0 N–H and O–H groups in total. The first-order chi connectivity index (χ1) is 14.7. The van der Waals surface area contributed by atoms with E-state index in [1.165, 1.54) is 0 Å².